The Bertz CT molecular complexity index is 419. The summed E-state index contributed by atoms with van der Waals surface area (Å²) in [5, 5.41) is 9.40. The Balaban J connectivity index is 3.56. The average Bonchev–Trinajstić information content (AvgIpc) is 2.14. The molecular weight excluding hydrogens is 239 g/mol. The molecule has 0 aliphatic heterocycles. The minimum absolute atomic E-state index is 0.0166. The molecule has 0 unspecified atom stereocenters. The molecular formula is C9H10Cl2N2O2. The predicted molar refractivity (Wildman–Crippen MR) is 60.1 cm³/mol. The second kappa shape index (κ2) is 3.89. The minimum Gasteiger partial charge on any atom is -0.505 e. The van der Waals surface area contributed by atoms with E-state index in [-0.39, 0.29) is 27.0 Å². The molecule has 0 heterocycles. The van der Waals surface area contributed by atoms with Crippen LogP contribution in [-0.4, -0.2) is 11.4 Å². The zero-order valence-electron chi connectivity index (χ0n) is 7.92. The minimum atomic E-state index is -1.36. The molecule has 0 aliphatic rings. The Hall–Kier alpha value is -0.970. The molecule has 1 aromatic rings. The Labute approximate surface area is 96.8 Å². The lowest BCUT2D eigenvalue weighted by Gasteiger charge is -2.22. The Morgan fingerprint density at radius 1 is 1.53 bits per heavy atom. The number of aromatic hydroxyl groups is 1. The molecule has 0 saturated carbocycles. The van der Waals surface area contributed by atoms with Gasteiger partial charge < -0.3 is 21.4 Å². The molecule has 6 heteroatoms. The van der Waals surface area contributed by atoms with Crippen molar-refractivity contribution in [3.05, 3.63) is 21.7 Å². The first-order valence-corrected chi connectivity index (χ1v) is 4.79. The highest BCUT2D eigenvalue weighted by molar-refractivity contribution is 6.38. The summed E-state index contributed by atoms with van der Waals surface area (Å²) in [6.07, 6.45) is 0.498. The number of phenols is 1. The molecule has 1 atom stereocenters. The van der Waals surface area contributed by atoms with Crippen LogP contribution in [0.15, 0.2) is 6.07 Å². The molecule has 0 amide bonds. The van der Waals surface area contributed by atoms with Crippen molar-refractivity contribution < 1.29 is 9.90 Å². The number of aldehydes is 1. The van der Waals surface area contributed by atoms with Crippen molar-refractivity contribution in [3.63, 3.8) is 0 Å². The molecule has 0 fully saturated rings. The first-order chi connectivity index (χ1) is 6.81. The maximum atomic E-state index is 10.8. The van der Waals surface area contributed by atoms with Crippen molar-refractivity contribution in [3.8, 4) is 5.75 Å². The predicted octanol–water partition coefficient (Wildman–Crippen LogP) is 1.65. The molecule has 0 aliphatic carbocycles. The number of carbonyl (C=O) groups is 1. The standard InChI is InChI=1S/C9H10Cl2N2O2/c1-9(13,3-14)6-5(12)2-4(10)8(15)7(6)11/h2-3,15H,12-13H2,1H3/t9-/m1/s1. The summed E-state index contributed by atoms with van der Waals surface area (Å²) >= 11 is 11.5. The number of hydrogen-bond acceptors (Lipinski definition) is 4. The number of benzene rings is 1. The second-order valence-electron chi connectivity index (χ2n) is 3.39. The van der Waals surface area contributed by atoms with Gasteiger partial charge in [0.05, 0.1) is 15.6 Å². The lowest BCUT2D eigenvalue weighted by Crippen LogP contribution is -2.35. The normalized spacial score (nSPS) is 14.7. The highest BCUT2D eigenvalue weighted by atomic mass is 35.5. The van der Waals surface area contributed by atoms with Crippen molar-refractivity contribution in [2.45, 2.75) is 12.5 Å². The van der Waals surface area contributed by atoms with Crippen LogP contribution in [0.25, 0.3) is 0 Å². The van der Waals surface area contributed by atoms with Crippen molar-refractivity contribution in [1.29, 1.82) is 0 Å². The lowest BCUT2D eigenvalue weighted by molar-refractivity contribution is -0.111. The van der Waals surface area contributed by atoms with Crippen LogP contribution in [0.5, 0.6) is 5.75 Å². The highest BCUT2D eigenvalue weighted by Gasteiger charge is 2.28. The summed E-state index contributed by atoms with van der Waals surface area (Å²) in [5.74, 6) is -0.332. The number of hydrogen-bond donors (Lipinski definition) is 3. The third-order valence-electron chi connectivity index (χ3n) is 2.01. The van der Waals surface area contributed by atoms with E-state index < -0.39 is 5.54 Å². The fourth-order valence-electron chi connectivity index (χ4n) is 1.23. The van der Waals surface area contributed by atoms with Crippen LogP contribution in [0.2, 0.25) is 10.0 Å². The van der Waals surface area contributed by atoms with Gasteiger partial charge in [0.25, 0.3) is 0 Å². The Morgan fingerprint density at radius 3 is 2.53 bits per heavy atom. The molecule has 0 spiro atoms. The van der Waals surface area contributed by atoms with Gasteiger partial charge in [0.1, 0.15) is 6.29 Å². The van der Waals surface area contributed by atoms with Crippen molar-refractivity contribution in [2.75, 3.05) is 5.73 Å². The molecule has 0 radical (unpaired) electrons. The SMILES string of the molecule is C[C@@](N)(C=O)c1c(N)cc(Cl)c(O)c1Cl. The van der Waals surface area contributed by atoms with E-state index in [1.54, 1.807) is 0 Å². The quantitative estimate of drug-likeness (QED) is 0.422. The van der Waals surface area contributed by atoms with Gasteiger partial charge in [-0.3, -0.25) is 0 Å². The van der Waals surface area contributed by atoms with E-state index in [0.29, 0.717) is 6.29 Å². The van der Waals surface area contributed by atoms with Crippen LogP contribution in [0, 0.1) is 0 Å². The zero-order valence-corrected chi connectivity index (χ0v) is 9.43. The van der Waals surface area contributed by atoms with E-state index in [4.69, 9.17) is 34.7 Å². The summed E-state index contributed by atoms with van der Waals surface area (Å²) in [7, 11) is 0. The van der Waals surface area contributed by atoms with E-state index in [2.05, 4.69) is 0 Å². The van der Waals surface area contributed by atoms with Crippen molar-refractivity contribution in [1.82, 2.24) is 0 Å². The monoisotopic (exact) mass is 248 g/mol. The fraction of sp³-hybridized carbons (Fsp3) is 0.222. The number of nitrogens with two attached hydrogens (primary N) is 2. The molecule has 0 bridgehead atoms. The van der Waals surface area contributed by atoms with Crippen LogP contribution in [-0.2, 0) is 10.3 Å². The maximum Gasteiger partial charge on any atom is 0.153 e. The van der Waals surface area contributed by atoms with Crippen molar-refractivity contribution in [2.24, 2.45) is 5.73 Å². The summed E-state index contributed by atoms with van der Waals surface area (Å²) in [5.41, 5.74) is 10.3. The third-order valence-corrected chi connectivity index (χ3v) is 2.66. The lowest BCUT2D eigenvalue weighted by atomic mass is 9.93. The van der Waals surface area contributed by atoms with Gasteiger partial charge in [0, 0.05) is 11.3 Å². The van der Waals surface area contributed by atoms with Gasteiger partial charge in [-0.15, -0.1) is 0 Å². The van der Waals surface area contributed by atoms with Gasteiger partial charge in [-0.25, -0.2) is 0 Å². The number of anilines is 1. The Kier molecular flexibility index (Phi) is 3.13. The molecule has 5 N–H and O–H groups in total. The molecule has 82 valence electrons. The first-order valence-electron chi connectivity index (χ1n) is 4.03. The van der Waals surface area contributed by atoms with E-state index in [0.717, 1.165) is 0 Å². The van der Waals surface area contributed by atoms with Gasteiger partial charge in [0.15, 0.2) is 5.75 Å². The number of carbonyl (C=O) groups excluding carboxylic acids is 1. The Morgan fingerprint density at radius 2 is 2.07 bits per heavy atom. The zero-order chi connectivity index (χ0) is 11.8. The average molecular weight is 249 g/mol. The summed E-state index contributed by atoms with van der Waals surface area (Å²) in [6.45, 7) is 1.44. The smallest absolute Gasteiger partial charge is 0.153 e. The first kappa shape index (κ1) is 12.1. The van der Waals surface area contributed by atoms with Gasteiger partial charge in [-0.2, -0.15) is 0 Å². The highest BCUT2D eigenvalue weighted by Crippen LogP contribution is 2.41. The third kappa shape index (κ3) is 2.02. The van der Waals surface area contributed by atoms with Gasteiger partial charge in [0.2, 0.25) is 0 Å². The summed E-state index contributed by atoms with van der Waals surface area (Å²) in [6, 6.07) is 1.30. The number of phenolic OH excluding ortho intramolecular Hbond substituents is 1. The van der Waals surface area contributed by atoms with Gasteiger partial charge in [-0.1, -0.05) is 23.2 Å². The van der Waals surface area contributed by atoms with Crippen LogP contribution in [0.1, 0.15) is 12.5 Å². The van der Waals surface area contributed by atoms with Crippen molar-refractivity contribution >= 4 is 35.2 Å². The topological polar surface area (TPSA) is 89.3 Å². The van der Waals surface area contributed by atoms with Crippen LogP contribution in [0.3, 0.4) is 0 Å². The van der Waals surface area contributed by atoms with E-state index >= 15 is 0 Å². The number of nitrogen functional groups attached to an aromatic ring is 1. The van der Waals surface area contributed by atoms with Gasteiger partial charge >= 0.3 is 0 Å². The molecule has 1 aromatic carbocycles. The molecule has 15 heavy (non-hydrogen) atoms. The second-order valence-corrected chi connectivity index (χ2v) is 4.17. The van der Waals surface area contributed by atoms with Crippen LogP contribution >= 0.6 is 23.2 Å². The summed E-state index contributed by atoms with van der Waals surface area (Å²) < 4.78 is 0. The molecule has 0 saturated heterocycles. The summed E-state index contributed by atoms with van der Waals surface area (Å²) in [4.78, 5) is 10.8. The molecule has 1 rings (SSSR count). The molecule has 0 aromatic heterocycles. The van der Waals surface area contributed by atoms with E-state index in [1.807, 2.05) is 0 Å². The molecule has 4 nitrogen and oxygen atoms in total. The van der Waals surface area contributed by atoms with E-state index in [1.165, 1.54) is 13.0 Å². The number of rotatable bonds is 2. The maximum absolute atomic E-state index is 10.8. The van der Waals surface area contributed by atoms with Crippen LogP contribution in [0.4, 0.5) is 5.69 Å². The van der Waals surface area contributed by atoms with Gasteiger partial charge in [-0.05, 0) is 13.0 Å². The van der Waals surface area contributed by atoms with E-state index in [9.17, 15) is 9.90 Å². The fourth-order valence-corrected chi connectivity index (χ4v) is 1.91. The number of halogens is 2. The largest absolute Gasteiger partial charge is 0.505 e. The van der Waals surface area contributed by atoms with Crippen LogP contribution < -0.4 is 11.5 Å².